The third-order valence-corrected chi connectivity index (χ3v) is 1.93. The van der Waals surface area contributed by atoms with Crippen LogP contribution in [0.1, 0.15) is 20.3 Å². The SMILES string of the molecule is CC(C)N(CC=CC(=O)O)CCCO. The molecule has 0 atom stereocenters. The maximum Gasteiger partial charge on any atom is 0.328 e. The first-order chi connectivity index (χ1) is 6.57. The van der Waals surface area contributed by atoms with Crippen LogP contribution in [0.25, 0.3) is 0 Å². The summed E-state index contributed by atoms with van der Waals surface area (Å²) in [6, 6.07) is 0.361. The summed E-state index contributed by atoms with van der Waals surface area (Å²) >= 11 is 0. The highest BCUT2D eigenvalue weighted by Gasteiger charge is 2.06. The lowest BCUT2D eigenvalue weighted by Gasteiger charge is -2.24. The Morgan fingerprint density at radius 2 is 2.14 bits per heavy atom. The summed E-state index contributed by atoms with van der Waals surface area (Å²) < 4.78 is 0. The Balaban J connectivity index is 3.90. The number of carboxylic acids is 1. The topological polar surface area (TPSA) is 60.8 Å². The standard InChI is InChI=1S/C10H19NO3/c1-9(2)11(7-4-8-12)6-3-5-10(13)14/h3,5,9,12H,4,6-8H2,1-2H3,(H,13,14). The molecule has 0 bridgehead atoms. The average molecular weight is 201 g/mol. The molecule has 0 fully saturated rings. The zero-order valence-corrected chi connectivity index (χ0v) is 8.81. The fraction of sp³-hybridized carbons (Fsp3) is 0.700. The van der Waals surface area contributed by atoms with Crippen LogP contribution in [0.15, 0.2) is 12.2 Å². The minimum absolute atomic E-state index is 0.172. The van der Waals surface area contributed by atoms with Crippen LogP contribution in [-0.4, -0.2) is 46.8 Å². The van der Waals surface area contributed by atoms with Gasteiger partial charge in [0, 0.05) is 31.8 Å². The number of aliphatic hydroxyl groups excluding tert-OH is 1. The van der Waals surface area contributed by atoms with E-state index in [2.05, 4.69) is 4.90 Å². The van der Waals surface area contributed by atoms with E-state index in [1.165, 1.54) is 0 Å². The van der Waals surface area contributed by atoms with Crippen molar-refractivity contribution in [2.45, 2.75) is 26.3 Å². The van der Waals surface area contributed by atoms with Crippen LogP contribution >= 0.6 is 0 Å². The zero-order chi connectivity index (χ0) is 11.0. The molecule has 0 radical (unpaired) electrons. The molecule has 4 heteroatoms. The summed E-state index contributed by atoms with van der Waals surface area (Å²) in [6.45, 7) is 5.67. The molecule has 4 nitrogen and oxygen atoms in total. The van der Waals surface area contributed by atoms with Crippen molar-refractivity contribution in [2.75, 3.05) is 19.7 Å². The Morgan fingerprint density at radius 3 is 2.57 bits per heavy atom. The lowest BCUT2D eigenvalue weighted by molar-refractivity contribution is -0.131. The summed E-state index contributed by atoms with van der Waals surface area (Å²) in [4.78, 5) is 12.3. The number of nitrogens with zero attached hydrogens (tertiary/aromatic N) is 1. The van der Waals surface area contributed by atoms with Crippen molar-refractivity contribution >= 4 is 5.97 Å². The molecule has 2 N–H and O–H groups in total. The molecule has 0 aromatic rings. The van der Waals surface area contributed by atoms with Gasteiger partial charge in [-0.15, -0.1) is 0 Å². The molecule has 82 valence electrons. The van der Waals surface area contributed by atoms with Crippen molar-refractivity contribution in [2.24, 2.45) is 0 Å². The predicted molar refractivity (Wildman–Crippen MR) is 55.2 cm³/mol. The van der Waals surface area contributed by atoms with Gasteiger partial charge in [0.15, 0.2) is 0 Å². The van der Waals surface area contributed by atoms with Gasteiger partial charge in [0.05, 0.1) is 0 Å². The van der Waals surface area contributed by atoms with Gasteiger partial charge in [0.25, 0.3) is 0 Å². The predicted octanol–water partition coefficient (Wildman–Crippen LogP) is 0.720. The van der Waals surface area contributed by atoms with Crippen LogP contribution in [0.2, 0.25) is 0 Å². The summed E-state index contributed by atoms with van der Waals surface area (Å²) in [5.74, 6) is -0.920. The second-order valence-electron chi connectivity index (χ2n) is 3.41. The van der Waals surface area contributed by atoms with Crippen molar-refractivity contribution in [3.63, 3.8) is 0 Å². The summed E-state index contributed by atoms with van der Waals surface area (Å²) in [5, 5.41) is 17.1. The van der Waals surface area contributed by atoms with Crippen molar-refractivity contribution in [1.29, 1.82) is 0 Å². The molecule has 0 spiro atoms. The van der Waals surface area contributed by atoms with Gasteiger partial charge in [-0.1, -0.05) is 6.08 Å². The number of aliphatic carboxylic acids is 1. The van der Waals surface area contributed by atoms with E-state index in [9.17, 15) is 4.79 Å². The highest BCUT2D eigenvalue weighted by Crippen LogP contribution is 1.99. The average Bonchev–Trinajstić information content (AvgIpc) is 2.09. The van der Waals surface area contributed by atoms with Crippen LogP contribution in [0.5, 0.6) is 0 Å². The second kappa shape index (κ2) is 7.53. The fourth-order valence-corrected chi connectivity index (χ4v) is 1.12. The smallest absolute Gasteiger partial charge is 0.328 e. The highest BCUT2D eigenvalue weighted by molar-refractivity contribution is 5.79. The molecule has 0 unspecified atom stereocenters. The van der Waals surface area contributed by atoms with Crippen LogP contribution in [0.3, 0.4) is 0 Å². The van der Waals surface area contributed by atoms with Gasteiger partial charge in [-0.2, -0.15) is 0 Å². The second-order valence-corrected chi connectivity index (χ2v) is 3.41. The van der Waals surface area contributed by atoms with Gasteiger partial charge in [-0.25, -0.2) is 4.79 Å². The number of rotatable bonds is 7. The highest BCUT2D eigenvalue weighted by atomic mass is 16.4. The van der Waals surface area contributed by atoms with Crippen LogP contribution in [0.4, 0.5) is 0 Å². The normalized spacial score (nSPS) is 11.8. The van der Waals surface area contributed by atoms with Crippen molar-refractivity contribution in [3.8, 4) is 0 Å². The Bertz CT molecular complexity index is 190. The molecule has 0 aliphatic rings. The third-order valence-electron chi connectivity index (χ3n) is 1.93. The van der Waals surface area contributed by atoms with Gasteiger partial charge in [0.2, 0.25) is 0 Å². The Kier molecular flexibility index (Phi) is 7.06. The minimum atomic E-state index is -0.920. The molecule has 0 aliphatic heterocycles. The Hall–Kier alpha value is -0.870. The van der Waals surface area contributed by atoms with E-state index < -0.39 is 5.97 Å². The molecule has 0 aromatic carbocycles. The minimum Gasteiger partial charge on any atom is -0.478 e. The number of carbonyl (C=O) groups is 1. The van der Waals surface area contributed by atoms with Gasteiger partial charge in [0.1, 0.15) is 0 Å². The molecule has 0 aliphatic carbocycles. The first kappa shape index (κ1) is 13.1. The Morgan fingerprint density at radius 1 is 1.50 bits per heavy atom. The molecule has 0 saturated heterocycles. The van der Waals surface area contributed by atoms with Gasteiger partial charge < -0.3 is 10.2 Å². The maximum atomic E-state index is 10.2. The van der Waals surface area contributed by atoms with Gasteiger partial charge in [-0.3, -0.25) is 4.90 Å². The number of hydrogen-bond acceptors (Lipinski definition) is 3. The van der Waals surface area contributed by atoms with E-state index in [0.29, 0.717) is 12.6 Å². The Labute approximate surface area is 84.8 Å². The number of aliphatic hydroxyl groups is 1. The van der Waals surface area contributed by atoms with E-state index >= 15 is 0 Å². The first-order valence-corrected chi connectivity index (χ1v) is 4.82. The van der Waals surface area contributed by atoms with E-state index in [1.807, 2.05) is 13.8 Å². The van der Waals surface area contributed by atoms with Crippen LogP contribution in [-0.2, 0) is 4.79 Å². The summed E-state index contributed by atoms with van der Waals surface area (Å²) in [7, 11) is 0. The molecule has 0 heterocycles. The fourth-order valence-electron chi connectivity index (χ4n) is 1.12. The molecule has 14 heavy (non-hydrogen) atoms. The molecule has 0 saturated carbocycles. The van der Waals surface area contributed by atoms with Crippen molar-refractivity contribution in [1.82, 2.24) is 4.90 Å². The quantitative estimate of drug-likeness (QED) is 0.596. The van der Waals surface area contributed by atoms with Crippen molar-refractivity contribution < 1.29 is 15.0 Å². The van der Waals surface area contributed by atoms with E-state index in [4.69, 9.17) is 10.2 Å². The summed E-state index contributed by atoms with van der Waals surface area (Å²) in [5.41, 5.74) is 0. The van der Waals surface area contributed by atoms with Gasteiger partial charge in [-0.05, 0) is 20.3 Å². The van der Waals surface area contributed by atoms with E-state index in [1.54, 1.807) is 6.08 Å². The van der Waals surface area contributed by atoms with Crippen LogP contribution in [0, 0.1) is 0 Å². The van der Waals surface area contributed by atoms with E-state index in [0.717, 1.165) is 19.0 Å². The first-order valence-electron chi connectivity index (χ1n) is 4.82. The number of carboxylic acid groups (broad SMARTS) is 1. The van der Waals surface area contributed by atoms with Crippen LogP contribution < -0.4 is 0 Å². The number of hydrogen-bond donors (Lipinski definition) is 2. The van der Waals surface area contributed by atoms with E-state index in [-0.39, 0.29) is 6.61 Å². The monoisotopic (exact) mass is 201 g/mol. The molecular weight excluding hydrogens is 182 g/mol. The molecule has 0 amide bonds. The lowest BCUT2D eigenvalue weighted by atomic mass is 10.3. The third kappa shape index (κ3) is 6.62. The molecule has 0 aromatic heterocycles. The molecular formula is C10H19NO3. The summed E-state index contributed by atoms with van der Waals surface area (Å²) in [6.07, 6.45) is 3.49. The largest absolute Gasteiger partial charge is 0.478 e. The molecule has 0 rings (SSSR count). The lowest BCUT2D eigenvalue weighted by Crippen LogP contribution is -2.32. The van der Waals surface area contributed by atoms with Gasteiger partial charge >= 0.3 is 5.97 Å². The zero-order valence-electron chi connectivity index (χ0n) is 8.81. The van der Waals surface area contributed by atoms with Crippen molar-refractivity contribution in [3.05, 3.63) is 12.2 Å². The maximum absolute atomic E-state index is 10.2.